The number of nitrogens with zero attached hydrogens (tertiary/aromatic N) is 1. The molecule has 1 fully saturated rings. The van der Waals surface area contributed by atoms with Crippen LogP contribution in [0.15, 0.2) is 72.3 Å². The van der Waals surface area contributed by atoms with E-state index in [1.54, 1.807) is 25.3 Å². The van der Waals surface area contributed by atoms with Gasteiger partial charge in [-0.15, -0.1) is 0 Å². The van der Waals surface area contributed by atoms with E-state index in [0.717, 1.165) is 28.0 Å². The molecule has 0 bridgehead atoms. The van der Waals surface area contributed by atoms with Crippen molar-refractivity contribution in [2.24, 2.45) is 5.92 Å². The highest BCUT2D eigenvalue weighted by molar-refractivity contribution is 6.46. The quantitative estimate of drug-likeness (QED) is 0.235. The summed E-state index contributed by atoms with van der Waals surface area (Å²) in [6, 6.07) is 19.6. The molecule has 1 aliphatic rings. The zero-order valence-corrected chi connectivity index (χ0v) is 21.9. The van der Waals surface area contributed by atoms with Gasteiger partial charge >= 0.3 is 0 Å². The molecule has 37 heavy (non-hydrogen) atoms. The van der Waals surface area contributed by atoms with Gasteiger partial charge in [-0.25, -0.2) is 0 Å². The van der Waals surface area contributed by atoms with E-state index in [2.05, 4.69) is 13.8 Å². The number of aliphatic hydroxyl groups excluding tert-OH is 1. The van der Waals surface area contributed by atoms with E-state index in [0.29, 0.717) is 23.8 Å². The summed E-state index contributed by atoms with van der Waals surface area (Å²) in [7, 11) is 1.57. The molecule has 1 aliphatic heterocycles. The van der Waals surface area contributed by atoms with Crippen LogP contribution in [0, 0.1) is 19.8 Å². The molecule has 3 aromatic rings. The van der Waals surface area contributed by atoms with Gasteiger partial charge in [-0.2, -0.15) is 0 Å². The molecule has 0 spiro atoms. The molecule has 1 N–H and O–H groups in total. The minimum Gasteiger partial charge on any atom is -0.507 e. The first-order valence-corrected chi connectivity index (χ1v) is 12.4. The van der Waals surface area contributed by atoms with Crippen LogP contribution >= 0.6 is 0 Å². The van der Waals surface area contributed by atoms with Crippen LogP contribution in [0.4, 0.5) is 0 Å². The fraction of sp³-hybridized carbons (Fsp3) is 0.290. The van der Waals surface area contributed by atoms with Gasteiger partial charge in [-0.1, -0.05) is 61.9 Å². The van der Waals surface area contributed by atoms with Crippen LogP contribution in [0.25, 0.3) is 5.76 Å². The van der Waals surface area contributed by atoms with Gasteiger partial charge in [0.25, 0.3) is 11.7 Å². The van der Waals surface area contributed by atoms with Gasteiger partial charge in [-0.05, 0) is 55.2 Å². The Morgan fingerprint density at radius 1 is 0.973 bits per heavy atom. The second kappa shape index (κ2) is 10.9. The molecule has 192 valence electrons. The summed E-state index contributed by atoms with van der Waals surface area (Å²) in [4.78, 5) is 28.3. The minimum atomic E-state index is -0.748. The molecule has 4 rings (SSSR count). The summed E-state index contributed by atoms with van der Waals surface area (Å²) in [6.07, 6.45) is 0. The number of aryl methyl sites for hydroxylation is 2. The lowest BCUT2D eigenvalue weighted by Gasteiger charge is -2.26. The van der Waals surface area contributed by atoms with Gasteiger partial charge in [-0.3, -0.25) is 9.59 Å². The van der Waals surface area contributed by atoms with Gasteiger partial charge in [0, 0.05) is 11.1 Å². The van der Waals surface area contributed by atoms with Crippen molar-refractivity contribution >= 4 is 17.4 Å². The van der Waals surface area contributed by atoms with Crippen LogP contribution in [-0.2, 0) is 16.1 Å². The number of amides is 1. The molecule has 1 heterocycles. The molecular weight excluding hydrogens is 466 g/mol. The number of carbonyl (C=O) groups excluding carboxylic acids is 2. The first kappa shape index (κ1) is 26.0. The maximum atomic E-state index is 13.4. The summed E-state index contributed by atoms with van der Waals surface area (Å²) in [5.41, 5.74) is 3.88. The lowest BCUT2D eigenvalue weighted by atomic mass is 9.94. The highest BCUT2D eigenvalue weighted by Crippen LogP contribution is 2.41. The summed E-state index contributed by atoms with van der Waals surface area (Å²) >= 11 is 0. The Hall–Kier alpha value is -4.06. The Labute approximate surface area is 218 Å². The second-order valence-corrected chi connectivity index (χ2v) is 9.84. The molecule has 3 aromatic carbocycles. The van der Waals surface area contributed by atoms with Crippen LogP contribution in [0.2, 0.25) is 0 Å². The number of carbonyl (C=O) groups is 2. The molecule has 1 atom stereocenters. The first-order valence-electron chi connectivity index (χ1n) is 12.4. The Balaban J connectivity index is 1.81. The van der Waals surface area contributed by atoms with E-state index in [9.17, 15) is 14.7 Å². The minimum absolute atomic E-state index is 0.0701. The average Bonchev–Trinajstić information content (AvgIpc) is 3.12. The zero-order valence-electron chi connectivity index (χ0n) is 21.9. The molecule has 0 radical (unpaired) electrons. The van der Waals surface area contributed by atoms with Crippen molar-refractivity contribution in [3.05, 3.63) is 100 Å². The monoisotopic (exact) mass is 499 g/mol. The van der Waals surface area contributed by atoms with Crippen LogP contribution in [0.3, 0.4) is 0 Å². The number of para-hydroxylation sites is 1. The Morgan fingerprint density at radius 3 is 2.41 bits per heavy atom. The number of benzene rings is 3. The Morgan fingerprint density at radius 2 is 1.73 bits per heavy atom. The van der Waals surface area contributed by atoms with Crippen LogP contribution in [-0.4, -0.2) is 35.4 Å². The fourth-order valence-electron chi connectivity index (χ4n) is 4.62. The number of ketones is 1. The lowest BCUT2D eigenvalue weighted by Crippen LogP contribution is -2.29. The number of likely N-dealkylation sites (tertiary alicyclic amines) is 1. The van der Waals surface area contributed by atoms with Crippen molar-refractivity contribution in [2.75, 3.05) is 13.7 Å². The number of ether oxygens (including phenoxy) is 2. The van der Waals surface area contributed by atoms with Gasteiger partial charge in [0.2, 0.25) is 0 Å². The maximum absolute atomic E-state index is 13.4. The molecule has 1 amide bonds. The highest BCUT2D eigenvalue weighted by Gasteiger charge is 2.46. The molecule has 1 saturated heterocycles. The maximum Gasteiger partial charge on any atom is 0.295 e. The predicted molar refractivity (Wildman–Crippen MR) is 144 cm³/mol. The normalized spacial score (nSPS) is 16.9. The molecular formula is C31H33NO5. The van der Waals surface area contributed by atoms with Crippen LogP contribution in [0.1, 0.15) is 47.7 Å². The van der Waals surface area contributed by atoms with E-state index in [-0.39, 0.29) is 17.9 Å². The van der Waals surface area contributed by atoms with Crippen LogP contribution < -0.4 is 9.47 Å². The van der Waals surface area contributed by atoms with Gasteiger partial charge in [0.1, 0.15) is 17.3 Å². The summed E-state index contributed by atoms with van der Waals surface area (Å²) < 4.78 is 11.4. The topological polar surface area (TPSA) is 76.1 Å². The zero-order chi connectivity index (χ0) is 26.7. The number of hydrogen-bond acceptors (Lipinski definition) is 5. The third kappa shape index (κ3) is 5.38. The van der Waals surface area contributed by atoms with Crippen molar-refractivity contribution in [1.82, 2.24) is 4.90 Å². The van der Waals surface area contributed by atoms with Gasteiger partial charge < -0.3 is 19.5 Å². The summed E-state index contributed by atoms with van der Waals surface area (Å²) in [5.74, 6) is 0.147. The van der Waals surface area contributed by atoms with Crippen molar-refractivity contribution in [3.63, 3.8) is 0 Å². The van der Waals surface area contributed by atoms with Crippen molar-refractivity contribution in [2.45, 2.75) is 40.3 Å². The smallest absolute Gasteiger partial charge is 0.295 e. The average molecular weight is 500 g/mol. The SMILES string of the molecule is COc1ccccc1CN1C(=O)C(=O)/C(=C(\O)c2ccc(OCC(C)C)c(C)c2)C1c1cccc(C)c1. The van der Waals surface area contributed by atoms with E-state index < -0.39 is 17.7 Å². The van der Waals surface area contributed by atoms with E-state index >= 15 is 0 Å². The van der Waals surface area contributed by atoms with Crippen molar-refractivity contribution in [3.8, 4) is 11.5 Å². The third-order valence-electron chi connectivity index (χ3n) is 6.45. The second-order valence-electron chi connectivity index (χ2n) is 9.84. The fourth-order valence-corrected chi connectivity index (χ4v) is 4.62. The molecule has 1 unspecified atom stereocenters. The van der Waals surface area contributed by atoms with Gasteiger partial charge in [0.15, 0.2) is 0 Å². The number of rotatable bonds is 8. The molecule has 0 aromatic heterocycles. The number of aliphatic hydroxyl groups is 1. The molecule has 6 heteroatoms. The molecule has 0 aliphatic carbocycles. The number of Topliss-reactive ketones (excluding diaryl/α,β-unsaturated/α-hetero) is 1. The number of hydrogen-bond donors (Lipinski definition) is 1. The van der Waals surface area contributed by atoms with E-state index in [1.165, 1.54) is 4.90 Å². The lowest BCUT2D eigenvalue weighted by molar-refractivity contribution is -0.140. The van der Waals surface area contributed by atoms with E-state index in [4.69, 9.17) is 9.47 Å². The van der Waals surface area contributed by atoms with Gasteiger partial charge in [0.05, 0.1) is 31.9 Å². The van der Waals surface area contributed by atoms with Crippen LogP contribution in [0.5, 0.6) is 11.5 Å². The Bertz CT molecular complexity index is 1360. The largest absolute Gasteiger partial charge is 0.507 e. The summed E-state index contributed by atoms with van der Waals surface area (Å²) in [6.45, 7) is 8.73. The Kier molecular flexibility index (Phi) is 7.67. The van der Waals surface area contributed by atoms with Crippen molar-refractivity contribution in [1.29, 1.82) is 0 Å². The highest BCUT2D eigenvalue weighted by atomic mass is 16.5. The molecule has 0 saturated carbocycles. The first-order chi connectivity index (χ1) is 17.7. The number of methoxy groups -OCH3 is 1. The van der Waals surface area contributed by atoms with Crippen molar-refractivity contribution < 1.29 is 24.2 Å². The third-order valence-corrected chi connectivity index (χ3v) is 6.45. The molecule has 6 nitrogen and oxygen atoms in total. The predicted octanol–water partition coefficient (Wildman–Crippen LogP) is 5.97. The summed E-state index contributed by atoms with van der Waals surface area (Å²) in [5, 5.41) is 11.4. The van der Waals surface area contributed by atoms with E-state index in [1.807, 2.05) is 62.4 Å². The standard InChI is InChI=1S/C31H33NO5/c1-19(2)18-37-25-14-13-23(16-21(25)4)29(33)27-28(22-11-8-9-20(3)15-22)32(31(35)30(27)34)17-24-10-6-7-12-26(24)36-5/h6-16,19,28,33H,17-18H2,1-5H3/b29-27-.